The highest BCUT2D eigenvalue weighted by atomic mass is 79.9. The molecule has 1 unspecified atom stereocenters. The summed E-state index contributed by atoms with van der Waals surface area (Å²) >= 11 is 5.25. The molecule has 1 amide bonds. The van der Waals surface area contributed by atoms with Gasteiger partial charge in [0.1, 0.15) is 5.75 Å². The Balaban J connectivity index is 2.17. The number of amides is 1. The van der Waals surface area contributed by atoms with Crippen LogP contribution in [0.4, 0.5) is 0 Å². The second kappa shape index (κ2) is 5.97. The van der Waals surface area contributed by atoms with E-state index in [1.165, 1.54) is 0 Å². The van der Waals surface area contributed by atoms with E-state index in [-0.39, 0.29) is 11.7 Å². The van der Waals surface area contributed by atoms with Crippen molar-refractivity contribution in [3.05, 3.63) is 28.2 Å². The van der Waals surface area contributed by atoms with Crippen LogP contribution in [0.15, 0.2) is 22.7 Å². The minimum atomic E-state index is -0.0763. The van der Waals surface area contributed by atoms with Crippen molar-refractivity contribution in [1.29, 1.82) is 0 Å². The fourth-order valence-corrected chi connectivity index (χ4v) is 3.54. The van der Waals surface area contributed by atoms with Crippen LogP contribution >= 0.6 is 27.7 Å². The molecule has 18 heavy (non-hydrogen) atoms. The maximum Gasteiger partial charge on any atom is 0.257 e. The first-order valence-corrected chi connectivity index (χ1v) is 7.85. The van der Waals surface area contributed by atoms with Crippen molar-refractivity contribution < 1.29 is 9.90 Å². The predicted octanol–water partition coefficient (Wildman–Crippen LogP) is 3.12. The molecule has 1 fully saturated rings. The lowest BCUT2D eigenvalue weighted by Crippen LogP contribution is -2.41. The third-order valence-electron chi connectivity index (χ3n) is 3.07. The number of hydrogen-bond donors (Lipinski definition) is 1. The molecule has 2 rings (SSSR count). The van der Waals surface area contributed by atoms with Gasteiger partial charge in [0.15, 0.2) is 0 Å². The van der Waals surface area contributed by atoms with E-state index < -0.39 is 0 Å². The molecule has 3 nitrogen and oxygen atoms in total. The maximum absolute atomic E-state index is 12.4. The summed E-state index contributed by atoms with van der Waals surface area (Å²) in [5.41, 5.74) is 0.381. The first kappa shape index (κ1) is 13.7. The molecule has 0 bridgehead atoms. The maximum atomic E-state index is 12.4. The molecule has 5 heteroatoms. The number of carbonyl (C=O) groups is 1. The van der Waals surface area contributed by atoms with Crippen molar-refractivity contribution in [1.82, 2.24) is 4.90 Å². The van der Waals surface area contributed by atoms with Gasteiger partial charge in [-0.1, -0.05) is 22.9 Å². The Morgan fingerprint density at radius 2 is 2.39 bits per heavy atom. The Bertz CT molecular complexity index is 453. The third kappa shape index (κ3) is 3.01. The molecule has 0 aliphatic carbocycles. The van der Waals surface area contributed by atoms with E-state index in [9.17, 15) is 9.90 Å². The lowest BCUT2D eigenvalue weighted by Gasteiger charge is -2.32. The highest BCUT2D eigenvalue weighted by molar-refractivity contribution is 9.10. The molecule has 0 radical (unpaired) electrons. The summed E-state index contributed by atoms with van der Waals surface area (Å²) in [6.07, 6.45) is 1.07. The summed E-state index contributed by atoms with van der Waals surface area (Å²) in [5, 5.41) is 10.3. The predicted molar refractivity (Wildman–Crippen MR) is 78.2 cm³/mol. The number of nitrogens with zero attached hydrogens (tertiary/aromatic N) is 1. The van der Waals surface area contributed by atoms with Gasteiger partial charge in [-0.25, -0.2) is 0 Å². The van der Waals surface area contributed by atoms with Crippen LogP contribution in [0.5, 0.6) is 5.75 Å². The molecular formula is C13H16BrNO2S. The molecule has 1 aliphatic rings. The first-order chi connectivity index (χ1) is 8.61. The summed E-state index contributed by atoms with van der Waals surface area (Å²) in [4.78, 5) is 14.2. The standard InChI is InChI=1S/C13H16BrNO2S/c1-2-10-8-15(5-6-18-10)13(17)11-7-9(14)3-4-12(11)16/h3-4,7,10,16H,2,5-6,8H2,1H3. The number of carbonyl (C=O) groups excluding carboxylic acids is 1. The van der Waals surface area contributed by atoms with Gasteiger partial charge in [-0.3, -0.25) is 4.79 Å². The second-order valence-corrected chi connectivity index (χ2v) is 6.64. The van der Waals surface area contributed by atoms with Gasteiger partial charge in [-0.15, -0.1) is 0 Å². The van der Waals surface area contributed by atoms with Gasteiger partial charge in [0.05, 0.1) is 5.56 Å². The first-order valence-electron chi connectivity index (χ1n) is 6.01. The van der Waals surface area contributed by atoms with Gasteiger partial charge < -0.3 is 10.0 Å². The van der Waals surface area contributed by atoms with Crippen LogP contribution in [0.2, 0.25) is 0 Å². The fraction of sp³-hybridized carbons (Fsp3) is 0.462. The molecule has 98 valence electrons. The number of rotatable bonds is 2. The van der Waals surface area contributed by atoms with E-state index in [0.29, 0.717) is 10.8 Å². The molecule has 1 aromatic carbocycles. The molecule has 1 aliphatic heterocycles. The number of phenols is 1. The van der Waals surface area contributed by atoms with E-state index in [2.05, 4.69) is 22.9 Å². The molecule has 0 spiro atoms. The van der Waals surface area contributed by atoms with Gasteiger partial charge in [0, 0.05) is 28.6 Å². The minimum Gasteiger partial charge on any atom is -0.507 e. The van der Waals surface area contributed by atoms with Crippen molar-refractivity contribution in [3.63, 3.8) is 0 Å². The largest absolute Gasteiger partial charge is 0.507 e. The molecule has 1 atom stereocenters. The van der Waals surface area contributed by atoms with Crippen LogP contribution in [-0.2, 0) is 0 Å². The molecule has 1 saturated heterocycles. The molecule has 0 aromatic heterocycles. The monoisotopic (exact) mass is 329 g/mol. The average Bonchev–Trinajstić information content (AvgIpc) is 2.41. The van der Waals surface area contributed by atoms with E-state index in [4.69, 9.17) is 0 Å². The number of benzene rings is 1. The smallest absolute Gasteiger partial charge is 0.257 e. The van der Waals surface area contributed by atoms with Gasteiger partial charge in [0.25, 0.3) is 5.91 Å². The number of hydrogen-bond acceptors (Lipinski definition) is 3. The van der Waals surface area contributed by atoms with E-state index in [1.54, 1.807) is 18.2 Å². The Hall–Kier alpha value is -0.680. The molecule has 1 N–H and O–H groups in total. The van der Waals surface area contributed by atoms with E-state index in [0.717, 1.165) is 29.7 Å². The van der Waals surface area contributed by atoms with Crippen LogP contribution in [0.25, 0.3) is 0 Å². The minimum absolute atomic E-state index is 0.0504. The van der Waals surface area contributed by atoms with Crippen LogP contribution in [0, 0.1) is 0 Å². The zero-order valence-corrected chi connectivity index (χ0v) is 12.6. The normalized spacial score (nSPS) is 19.9. The third-order valence-corrected chi connectivity index (χ3v) is 4.94. The summed E-state index contributed by atoms with van der Waals surface area (Å²) in [6, 6.07) is 4.96. The van der Waals surface area contributed by atoms with Crippen molar-refractivity contribution in [2.45, 2.75) is 18.6 Å². The Kier molecular flexibility index (Phi) is 4.56. The van der Waals surface area contributed by atoms with Gasteiger partial charge in [-0.05, 0) is 24.6 Å². The lowest BCUT2D eigenvalue weighted by atomic mass is 10.1. The molecule has 1 aromatic rings. The summed E-state index contributed by atoms with van der Waals surface area (Å²) in [5.74, 6) is 0.945. The Morgan fingerprint density at radius 3 is 3.11 bits per heavy atom. The second-order valence-electron chi connectivity index (χ2n) is 4.31. The topological polar surface area (TPSA) is 40.5 Å². The SMILES string of the molecule is CCC1CN(C(=O)c2cc(Br)ccc2O)CCS1. The van der Waals surface area contributed by atoms with Crippen LogP contribution in [0.1, 0.15) is 23.7 Å². The van der Waals surface area contributed by atoms with Crippen molar-refractivity contribution in [3.8, 4) is 5.75 Å². The highest BCUT2D eigenvalue weighted by Gasteiger charge is 2.25. The van der Waals surface area contributed by atoms with Crippen LogP contribution in [-0.4, -0.2) is 40.0 Å². The lowest BCUT2D eigenvalue weighted by molar-refractivity contribution is 0.0758. The number of aromatic hydroxyl groups is 1. The fourth-order valence-electron chi connectivity index (χ4n) is 2.00. The number of halogens is 1. The van der Waals surface area contributed by atoms with Gasteiger partial charge in [0.2, 0.25) is 0 Å². The quantitative estimate of drug-likeness (QED) is 0.906. The van der Waals surface area contributed by atoms with Crippen molar-refractivity contribution in [2.75, 3.05) is 18.8 Å². The molecule has 0 saturated carbocycles. The van der Waals surface area contributed by atoms with Crippen LogP contribution in [0.3, 0.4) is 0 Å². The van der Waals surface area contributed by atoms with Gasteiger partial charge >= 0.3 is 0 Å². The summed E-state index contributed by atoms with van der Waals surface area (Å²) in [7, 11) is 0. The van der Waals surface area contributed by atoms with Gasteiger partial charge in [-0.2, -0.15) is 11.8 Å². The van der Waals surface area contributed by atoms with Crippen LogP contribution < -0.4 is 0 Å². The zero-order chi connectivity index (χ0) is 13.1. The average molecular weight is 330 g/mol. The highest BCUT2D eigenvalue weighted by Crippen LogP contribution is 2.26. The summed E-state index contributed by atoms with van der Waals surface area (Å²) in [6.45, 7) is 3.67. The Morgan fingerprint density at radius 1 is 1.61 bits per heavy atom. The molecule has 1 heterocycles. The number of thioether (sulfide) groups is 1. The number of phenolic OH excluding ortho intramolecular Hbond substituents is 1. The van der Waals surface area contributed by atoms with E-state index in [1.807, 2.05) is 16.7 Å². The summed E-state index contributed by atoms with van der Waals surface area (Å²) < 4.78 is 0.807. The van der Waals surface area contributed by atoms with Crippen molar-refractivity contribution in [2.24, 2.45) is 0 Å². The Labute approximate surface area is 120 Å². The van der Waals surface area contributed by atoms with E-state index >= 15 is 0 Å². The van der Waals surface area contributed by atoms with Crippen molar-refractivity contribution >= 4 is 33.6 Å². The zero-order valence-electron chi connectivity index (χ0n) is 10.2. The molecular weight excluding hydrogens is 314 g/mol.